The van der Waals surface area contributed by atoms with Gasteiger partial charge in [-0.2, -0.15) is 26.3 Å². The molecule has 30 heavy (non-hydrogen) atoms. The van der Waals surface area contributed by atoms with Crippen LogP contribution in [0.15, 0.2) is 42.5 Å². The van der Waals surface area contributed by atoms with Gasteiger partial charge in [-0.3, -0.25) is 0 Å². The molecule has 2 aromatic carbocycles. The van der Waals surface area contributed by atoms with Crippen molar-refractivity contribution in [2.45, 2.75) is 31.1 Å². The first-order chi connectivity index (χ1) is 14.1. The van der Waals surface area contributed by atoms with Crippen LogP contribution in [0.1, 0.15) is 28.3 Å². The van der Waals surface area contributed by atoms with Crippen LogP contribution in [-0.2, 0) is 28.2 Å². The second kappa shape index (κ2) is 8.91. The summed E-state index contributed by atoms with van der Waals surface area (Å²) in [6.45, 7) is 0.460. The Morgan fingerprint density at radius 1 is 0.967 bits per heavy atom. The maximum absolute atomic E-state index is 13.2. The van der Waals surface area contributed by atoms with Gasteiger partial charge in [-0.25, -0.2) is 4.39 Å². The third-order valence-electron chi connectivity index (χ3n) is 4.64. The lowest BCUT2D eigenvalue weighted by molar-refractivity contribution is -0.177. The van der Waals surface area contributed by atoms with Gasteiger partial charge in [0, 0.05) is 6.54 Å². The standard InChI is InChI=1S/C20H18F7NO2/c21-15-4-1-12(2-5-15)17-18(30-10-8-28-17)29-9-7-13-11-14(19(22,23)24)3-6-16(13)20(25,26)27/h1-6,11,17-18,28H,7-10H2/t17-,18+/m0/s1. The maximum atomic E-state index is 13.2. The first-order valence-corrected chi connectivity index (χ1v) is 9.05. The highest BCUT2D eigenvalue weighted by Gasteiger charge is 2.37. The molecule has 0 unspecified atom stereocenters. The molecule has 1 aliphatic rings. The van der Waals surface area contributed by atoms with Crippen LogP contribution in [-0.4, -0.2) is 26.0 Å². The Kier molecular flexibility index (Phi) is 6.68. The number of ether oxygens (including phenoxy) is 2. The lowest BCUT2D eigenvalue weighted by Crippen LogP contribution is -2.43. The molecule has 1 heterocycles. The third-order valence-corrected chi connectivity index (χ3v) is 4.64. The molecule has 10 heteroatoms. The van der Waals surface area contributed by atoms with Crippen LogP contribution in [0.2, 0.25) is 0 Å². The van der Waals surface area contributed by atoms with Crippen molar-refractivity contribution in [1.29, 1.82) is 0 Å². The molecule has 0 bridgehead atoms. The molecule has 0 aromatic heterocycles. The monoisotopic (exact) mass is 437 g/mol. The van der Waals surface area contributed by atoms with Crippen molar-refractivity contribution >= 4 is 0 Å². The Bertz CT molecular complexity index is 850. The summed E-state index contributed by atoms with van der Waals surface area (Å²) in [6, 6.07) is 6.37. The van der Waals surface area contributed by atoms with Crippen molar-refractivity contribution in [3.8, 4) is 0 Å². The molecule has 2 atom stereocenters. The van der Waals surface area contributed by atoms with Gasteiger partial charge in [-0.15, -0.1) is 0 Å². The van der Waals surface area contributed by atoms with Crippen molar-refractivity contribution < 1.29 is 40.2 Å². The number of halogens is 7. The summed E-state index contributed by atoms with van der Waals surface area (Å²) in [5.74, 6) is -0.433. The van der Waals surface area contributed by atoms with E-state index < -0.39 is 53.6 Å². The predicted octanol–water partition coefficient (Wildman–Crippen LogP) is 5.11. The fourth-order valence-corrected chi connectivity index (χ4v) is 3.21. The Morgan fingerprint density at radius 3 is 2.30 bits per heavy atom. The van der Waals surface area contributed by atoms with Crippen molar-refractivity contribution in [2.24, 2.45) is 0 Å². The van der Waals surface area contributed by atoms with E-state index in [-0.39, 0.29) is 13.2 Å². The average molecular weight is 437 g/mol. The predicted molar refractivity (Wildman–Crippen MR) is 93.0 cm³/mol. The van der Waals surface area contributed by atoms with Crippen LogP contribution in [0, 0.1) is 5.82 Å². The normalized spacial score (nSPS) is 20.4. The number of alkyl halides is 6. The smallest absolute Gasteiger partial charge is 0.350 e. The molecule has 0 amide bonds. The van der Waals surface area contributed by atoms with Gasteiger partial charge in [0.05, 0.1) is 30.4 Å². The van der Waals surface area contributed by atoms with E-state index in [2.05, 4.69) is 5.32 Å². The number of hydrogen-bond donors (Lipinski definition) is 1. The number of hydrogen-bond acceptors (Lipinski definition) is 3. The van der Waals surface area contributed by atoms with E-state index in [1.807, 2.05) is 0 Å². The number of morpholine rings is 1. The molecule has 3 rings (SSSR count). The molecule has 2 aromatic rings. The summed E-state index contributed by atoms with van der Waals surface area (Å²) in [5, 5.41) is 3.12. The highest BCUT2D eigenvalue weighted by atomic mass is 19.4. The van der Waals surface area contributed by atoms with E-state index in [1.165, 1.54) is 24.3 Å². The zero-order valence-electron chi connectivity index (χ0n) is 15.5. The molecule has 164 valence electrons. The topological polar surface area (TPSA) is 30.5 Å². The van der Waals surface area contributed by atoms with Gasteiger partial charge >= 0.3 is 12.4 Å². The van der Waals surface area contributed by atoms with Crippen LogP contribution in [0.25, 0.3) is 0 Å². The van der Waals surface area contributed by atoms with Gasteiger partial charge < -0.3 is 14.8 Å². The Balaban J connectivity index is 1.73. The fraction of sp³-hybridized carbons (Fsp3) is 0.400. The molecule has 1 aliphatic heterocycles. The summed E-state index contributed by atoms with van der Waals surface area (Å²) in [7, 11) is 0. The van der Waals surface area contributed by atoms with E-state index in [0.717, 1.165) is 0 Å². The van der Waals surface area contributed by atoms with Crippen LogP contribution >= 0.6 is 0 Å². The molecular formula is C20H18F7NO2. The lowest BCUT2D eigenvalue weighted by atomic mass is 10.0. The van der Waals surface area contributed by atoms with Crippen molar-refractivity contribution in [2.75, 3.05) is 19.8 Å². The summed E-state index contributed by atoms with van der Waals surface area (Å²) >= 11 is 0. The maximum Gasteiger partial charge on any atom is 0.416 e. The first-order valence-electron chi connectivity index (χ1n) is 9.05. The minimum atomic E-state index is -4.79. The number of rotatable bonds is 5. The van der Waals surface area contributed by atoms with E-state index in [0.29, 0.717) is 30.3 Å². The minimum absolute atomic E-state index is 0.278. The molecule has 1 fully saturated rings. The van der Waals surface area contributed by atoms with Crippen molar-refractivity contribution in [3.63, 3.8) is 0 Å². The number of nitrogens with one attached hydrogen (secondary N) is 1. The first kappa shape index (κ1) is 22.5. The van der Waals surface area contributed by atoms with E-state index >= 15 is 0 Å². The summed E-state index contributed by atoms with van der Waals surface area (Å²) in [4.78, 5) is 0. The summed E-state index contributed by atoms with van der Waals surface area (Å²) in [5.41, 5.74) is -2.17. The van der Waals surface area contributed by atoms with Crippen LogP contribution in [0.4, 0.5) is 30.7 Å². The molecule has 0 radical (unpaired) electrons. The average Bonchev–Trinajstić information content (AvgIpc) is 2.67. The summed E-state index contributed by atoms with van der Waals surface area (Å²) in [6.07, 6.45) is -10.8. The molecule has 1 saturated heterocycles. The van der Waals surface area contributed by atoms with Gasteiger partial charge in [-0.05, 0) is 47.9 Å². The largest absolute Gasteiger partial charge is 0.416 e. The number of benzene rings is 2. The highest BCUT2D eigenvalue weighted by molar-refractivity contribution is 5.35. The minimum Gasteiger partial charge on any atom is -0.350 e. The van der Waals surface area contributed by atoms with Gasteiger partial charge in [0.15, 0.2) is 6.29 Å². The second-order valence-corrected chi connectivity index (χ2v) is 6.71. The van der Waals surface area contributed by atoms with E-state index in [4.69, 9.17) is 9.47 Å². The van der Waals surface area contributed by atoms with Gasteiger partial charge in [0.1, 0.15) is 5.82 Å². The molecular weight excluding hydrogens is 419 g/mol. The van der Waals surface area contributed by atoms with E-state index in [1.54, 1.807) is 0 Å². The molecule has 3 nitrogen and oxygen atoms in total. The summed E-state index contributed by atoms with van der Waals surface area (Å²) < 4.78 is 102. The Morgan fingerprint density at radius 2 is 1.67 bits per heavy atom. The Labute approximate surface area is 167 Å². The highest BCUT2D eigenvalue weighted by Crippen LogP contribution is 2.37. The van der Waals surface area contributed by atoms with Crippen molar-refractivity contribution in [1.82, 2.24) is 5.32 Å². The van der Waals surface area contributed by atoms with E-state index in [9.17, 15) is 30.7 Å². The zero-order chi connectivity index (χ0) is 21.9. The fourth-order valence-electron chi connectivity index (χ4n) is 3.21. The molecule has 0 aliphatic carbocycles. The van der Waals surface area contributed by atoms with Crippen molar-refractivity contribution in [3.05, 3.63) is 70.5 Å². The SMILES string of the molecule is Fc1ccc([C@@H]2NCCO[C@H]2OCCc2cc(C(F)(F)F)ccc2C(F)(F)F)cc1. The van der Waals surface area contributed by atoms with Crippen LogP contribution in [0.5, 0.6) is 0 Å². The van der Waals surface area contributed by atoms with Crippen LogP contribution < -0.4 is 5.32 Å². The van der Waals surface area contributed by atoms with Gasteiger partial charge in [0.2, 0.25) is 0 Å². The van der Waals surface area contributed by atoms with Gasteiger partial charge in [-0.1, -0.05) is 12.1 Å². The lowest BCUT2D eigenvalue weighted by Gasteiger charge is -2.33. The third kappa shape index (κ3) is 5.50. The molecule has 0 spiro atoms. The van der Waals surface area contributed by atoms with Crippen LogP contribution in [0.3, 0.4) is 0 Å². The second-order valence-electron chi connectivity index (χ2n) is 6.71. The molecule has 0 saturated carbocycles. The molecule has 1 N–H and O–H groups in total. The Hall–Kier alpha value is -2.17. The van der Waals surface area contributed by atoms with Gasteiger partial charge in [0.25, 0.3) is 0 Å². The quantitative estimate of drug-likeness (QED) is 0.660. The zero-order valence-corrected chi connectivity index (χ0v) is 15.5.